The largest absolute Gasteiger partial charge is 0.494 e. The first kappa shape index (κ1) is 21.6. The van der Waals surface area contributed by atoms with Crippen molar-refractivity contribution < 1.29 is 18.0 Å². The third-order valence-electron chi connectivity index (χ3n) is 5.16. The number of nitrogens with zero attached hydrogens (tertiary/aromatic N) is 3. The fourth-order valence-electron chi connectivity index (χ4n) is 3.60. The summed E-state index contributed by atoms with van der Waals surface area (Å²) in [6.07, 6.45) is 1.72. The molecule has 3 aromatic rings. The van der Waals surface area contributed by atoms with Gasteiger partial charge < -0.3 is 19.5 Å². The summed E-state index contributed by atoms with van der Waals surface area (Å²) in [6.45, 7) is 6.11. The molecule has 0 radical (unpaired) electrons. The molecule has 0 saturated carbocycles. The number of aromatic nitrogens is 2. The van der Waals surface area contributed by atoms with E-state index in [4.69, 9.17) is 21.5 Å². The van der Waals surface area contributed by atoms with Crippen LogP contribution in [0.5, 0.6) is 5.75 Å². The second kappa shape index (κ2) is 8.88. The maximum atomic E-state index is 14.2. The second-order valence-corrected chi connectivity index (χ2v) is 7.50. The molecule has 0 bridgehead atoms. The molecule has 6 nitrogen and oxygen atoms in total. The van der Waals surface area contributed by atoms with Crippen molar-refractivity contribution in [2.45, 2.75) is 13.0 Å². The van der Waals surface area contributed by atoms with Crippen molar-refractivity contribution >= 4 is 22.9 Å². The molecule has 164 valence electrons. The predicted molar refractivity (Wildman–Crippen MR) is 121 cm³/mol. The first-order valence-corrected chi connectivity index (χ1v) is 10.2. The zero-order valence-corrected chi connectivity index (χ0v) is 18.2. The molecule has 1 N–H and O–H groups in total. The SMILES string of the molecule is C=CCN1C(=S)NC(c2cccc(F)c2)C(c2nc(-c3ccc(OC)c(F)c3)no2)=C1C. The Morgan fingerprint density at radius 3 is 2.78 bits per heavy atom. The Morgan fingerprint density at radius 1 is 1.28 bits per heavy atom. The van der Waals surface area contributed by atoms with Crippen LogP contribution in [0.2, 0.25) is 0 Å². The standard InChI is InChI=1S/C23H20F2N4O2S/c1-4-10-29-13(2)19(20(26-23(29)32)14-6-5-7-16(24)11-14)22-27-21(28-31-22)15-8-9-18(30-3)17(25)12-15/h4-9,11-12,20H,1,10H2,2-3H3,(H,26,32). The van der Waals surface area contributed by atoms with Crippen molar-refractivity contribution in [3.8, 4) is 17.1 Å². The van der Waals surface area contributed by atoms with Gasteiger partial charge in [-0.15, -0.1) is 6.58 Å². The van der Waals surface area contributed by atoms with Gasteiger partial charge in [0.15, 0.2) is 16.7 Å². The van der Waals surface area contributed by atoms with E-state index in [-0.39, 0.29) is 23.3 Å². The van der Waals surface area contributed by atoms with Crippen molar-refractivity contribution in [2.75, 3.05) is 13.7 Å². The zero-order chi connectivity index (χ0) is 22.8. The molecule has 0 fully saturated rings. The Morgan fingerprint density at radius 2 is 2.09 bits per heavy atom. The summed E-state index contributed by atoms with van der Waals surface area (Å²) in [7, 11) is 1.39. The lowest BCUT2D eigenvalue weighted by Crippen LogP contribution is -2.45. The van der Waals surface area contributed by atoms with Crippen molar-refractivity contribution in [1.29, 1.82) is 0 Å². The third kappa shape index (κ3) is 3.99. The van der Waals surface area contributed by atoms with Gasteiger partial charge in [0.2, 0.25) is 5.82 Å². The van der Waals surface area contributed by atoms with E-state index in [9.17, 15) is 8.78 Å². The lowest BCUT2D eigenvalue weighted by molar-refractivity contribution is 0.386. The summed E-state index contributed by atoms with van der Waals surface area (Å²) < 4.78 is 38.7. The molecule has 1 unspecified atom stereocenters. The lowest BCUT2D eigenvalue weighted by Gasteiger charge is -2.36. The molecule has 0 amide bonds. The van der Waals surface area contributed by atoms with Gasteiger partial charge in [-0.3, -0.25) is 0 Å². The monoisotopic (exact) mass is 454 g/mol. The molecular formula is C23H20F2N4O2S. The van der Waals surface area contributed by atoms with Crippen molar-refractivity contribution in [3.05, 3.63) is 83.9 Å². The van der Waals surface area contributed by atoms with Crippen molar-refractivity contribution in [1.82, 2.24) is 20.4 Å². The average molecular weight is 455 g/mol. The van der Waals surface area contributed by atoms with Crippen LogP contribution in [0, 0.1) is 11.6 Å². The Hall–Kier alpha value is -3.59. The van der Waals surface area contributed by atoms with E-state index in [1.165, 1.54) is 31.4 Å². The quantitative estimate of drug-likeness (QED) is 0.421. The zero-order valence-electron chi connectivity index (χ0n) is 17.4. The minimum Gasteiger partial charge on any atom is -0.494 e. The van der Waals surface area contributed by atoms with E-state index in [2.05, 4.69) is 22.0 Å². The van der Waals surface area contributed by atoms with Gasteiger partial charge in [0.1, 0.15) is 5.82 Å². The highest BCUT2D eigenvalue weighted by Gasteiger charge is 2.33. The Bertz CT molecular complexity index is 1220. The minimum atomic E-state index is -0.536. The van der Waals surface area contributed by atoms with Crippen LogP contribution < -0.4 is 10.1 Å². The van der Waals surface area contributed by atoms with Crippen molar-refractivity contribution in [3.63, 3.8) is 0 Å². The number of methoxy groups -OCH3 is 1. The fourth-order valence-corrected chi connectivity index (χ4v) is 3.93. The van der Waals surface area contributed by atoms with Gasteiger partial charge in [0.05, 0.1) is 18.7 Å². The number of halogens is 2. The van der Waals surface area contributed by atoms with Crippen LogP contribution in [-0.4, -0.2) is 33.8 Å². The summed E-state index contributed by atoms with van der Waals surface area (Å²) in [5.74, 6) is -0.366. The van der Waals surface area contributed by atoms with E-state index < -0.39 is 11.9 Å². The number of ether oxygens (including phenoxy) is 1. The molecule has 2 aromatic carbocycles. The van der Waals surface area contributed by atoms with Gasteiger partial charge in [-0.2, -0.15) is 4.98 Å². The number of hydrogen-bond donors (Lipinski definition) is 1. The molecule has 0 saturated heterocycles. The van der Waals surface area contributed by atoms with Gasteiger partial charge in [-0.25, -0.2) is 8.78 Å². The fraction of sp³-hybridized carbons (Fsp3) is 0.174. The Kier molecular flexibility index (Phi) is 6.00. The Labute approximate surface area is 189 Å². The van der Waals surface area contributed by atoms with Crippen LogP contribution in [-0.2, 0) is 0 Å². The molecule has 0 aliphatic carbocycles. The number of benzene rings is 2. The van der Waals surface area contributed by atoms with Gasteiger partial charge in [-0.1, -0.05) is 23.4 Å². The molecule has 4 rings (SSSR count). The Balaban J connectivity index is 1.81. The summed E-state index contributed by atoms with van der Waals surface area (Å²) >= 11 is 5.52. The first-order chi connectivity index (χ1) is 15.4. The normalized spacial score (nSPS) is 16.2. The van der Waals surface area contributed by atoms with E-state index in [0.717, 1.165) is 5.70 Å². The smallest absolute Gasteiger partial charge is 0.258 e. The molecule has 32 heavy (non-hydrogen) atoms. The maximum absolute atomic E-state index is 14.2. The van der Waals surface area contributed by atoms with E-state index >= 15 is 0 Å². The molecule has 1 aliphatic heterocycles. The molecule has 1 aliphatic rings. The third-order valence-corrected chi connectivity index (χ3v) is 5.49. The summed E-state index contributed by atoms with van der Waals surface area (Å²) in [5, 5.41) is 7.72. The van der Waals surface area contributed by atoms with Crippen LogP contribution >= 0.6 is 12.2 Å². The van der Waals surface area contributed by atoms with Crippen LogP contribution in [0.15, 0.2) is 65.3 Å². The average Bonchev–Trinajstić information content (AvgIpc) is 3.26. The molecule has 0 spiro atoms. The predicted octanol–water partition coefficient (Wildman–Crippen LogP) is 4.87. The summed E-state index contributed by atoms with van der Waals surface area (Å²) in [4.78, 5) is 6.33. The molecule has 1 atom stereocenters. The number of allylic oxidation sites excluding steroid dienone is 1. The highest BCUT2D eigenvalue weighted by Crippen LogP contribution is 2.37. The lowest BCUT2D eigenvalue weighted by atomic mass is 9.94. The van der Waals surface area contributed by atoms with Crippen molar-refractivity contribution in [2.24, 2.45) is 0 Å². The summed E-state index contributed by atoms with van der Waals surface area (Å²) in [5.41, 5.74) is 2.48. The van der Waals surface area contributed by atoms with E-state index in [1.54, 1.807) is 24.3 Å². The minimum absolute atomic E-state index is 0.118. The van der Waals surface area contributed by atoms with Crippen LogP contribution in [0.25, 0.3) is 17.0 Å². The number of thiocarbonyl (C=S) groups is 1. The first-order valence-electron chi connectivity index (χ1n) is 9.76. The molecule has 1 aromatic heterocycles. The highest BCUT2D eigenvalue weighted by molar-refractivity contribution is 7.80. The van der Waals surface area contributed by atoms with Crippen LogP contribution in [0.1, 0.15) is 24.4 Å². The van der Waals surface area contributed by atoms with E-state index in [0.29, 0.717) is 28.4 Å². The molecule has 9 heteroatoms. The molecular weight excluding hydrogens is 434 g/mol. The van der Waals surface area contributed by atoms with Gasteiger partial charge in [-0.05, 0) is 55.0 Å². The van der Waals surface area contributed by atoms with Gasteiger partial charge in [0.25, 0.3) is 5.89 Å². The number of rotatable bonds is 6. The highest BCUT2D eigenvalue weighted by atomic mass is 32.1. The van der Waals surface area contributed by atoms with Gasteiger partial charge in [0, 0.05) is 17.8 Å². The number of hydrogen-bond acceptors (Lipinski definition) is 5. The topological polar surface area (TPSA) is 63.4 Å². The van der Waals surface area contributed by atoms with Gasteiger partial charge >= 0.3 is 0 Å². The van der Waals surface area contributed by atoms with E-state index in [1.807, 2.05) is 11.8 Å². The summed E-state index contributed by atoms with van der Waals surface area (Å²) in [6, 6.07) is 10.1. The number of nitrogens with one attached hydrogen (secondary N) is 1. The van der Waals surface area contributed by atoms with Crippen LogP contribution in [0.4, 0.5) is 8.78 Å². The second-order valence-electron chi connectivity index (χ2n) is 7.11. The maximum Gasteiger partial charge on any atom is 0.258 e. The molecule has 2 heterocycles. The van der Waals surface area contributed by atoms with Crippen LogP contribution in [0.3, 0.4) is 0 Å².